The third-order valence-corrected chi connectivity index (χ3v) is 6.68. The maximum atomic E-state index is 12.7. The summed E-state index contributed by atoms with van der Waals surface area (Å²) in [6.07, 6.45) is 1.07. The summed E-state index contributed by atoms with van der Waals surface area (Å²) in [5.74, 6) is 1.15. The van der Waals surface area contributed by atoms with E-state index in [4.69, 9.17) is 4.74 Å². The van der Waals surface area contributed by atoms with E-state index in [1.54, 1.807) is 42.5 Å². The zero-order valence-electron chi connectivity index (χ0n) is 15.8. The molecule has 0 aliphatic heterocycles. The van der Waals surface area contributed by atoms with Crippen LogP contribution in [0.3, 0.4) is 0 Å². The average Bonchev–Trinajstić information content (AvgIpc) is 2.68. The first-order valence-corrected chi connectivity index (χ1v) is 11.9. The maximum absolute atomic E-state index is 12.7. The molecular formula is C20H20N2O5S2. The third kappa shape index (κ3) is 5.27. The Bertz CT molecular complexity index is 1190. The molecule has 0 aliphatic rings. The highest BCUT2D eigenvalue weighted by atomic mass is 32.2. The summed E-state index contributed by atoms with van der Waals surface area (Å²) in [6, 6.07) is 21.3. The molecule has 3 aromatic rings. The zero-order valence-corrected chi connectivity index (χ0v) is 17.4. The van der Waals surface area contributed by atoms with Gasteiger partial charge in [-0.05, 0) is 54.6 Å². The van der Waals surface area contributed by atoms with E-state index in [1.165, 1.54) is 25.2 Å². The first-order chi connectivity index (χ1) is 13.6. The Morgan fingerprint density at radius 3 is 2.03 bits per heavy atom. The second kappa shape index (κ2) is 8.14. The summed E-state index contributed by atoms with van der Waals surface area (Å²) in [5.41, 5.74) is 0.599. The van der Waals surface area contributed by atoms with Gasteiger partial charge in [0.15, 0.2) is 0 Å². The van der Waals surface area contributed by atoms with Crippen molar-refractivity contribution in [3.05, 3.63) is 78.9 Å². The molecule has 0 aliphatic carbocycles. The highest BCUT2D eigenvalue weighted by Gasteiger charge is 2.16. The molecule has 1 N–H and O–H groups in total. The largest absolute Gasteiger partial charge is 0.457 e. The number of nitrogens with zero attached hydrogens (tertiary/aromatic N) is 1. The van der Waals surface area contributed by atoms with E-state index < -0.39 is 20.0 Å². The monoisotopic (exact) mass is 432 g/mol. The van der Waals surface area contributed by atoms with E-state index in [0.717, 1.165) is 10.6 Å². The number of anilines is 2. The third-order valence-electron chi connectivity index (χ3n) is 4.07. The van der Waals surface area contributed by atoms with E-state index in [2.05, 4.69) is 4.72 Å². The fourth-order valence-electron chi connectivity index (χ4n) is 2.48. The lowest BCUT2D eigenvalue weighted by atomic mass is 10.3. The molecule has 0 spiro atoms. The first-order valence-electron chi connectivity index (χ1n) is 8.55. The minimum atomic E-state index is -3.85. The van der Waals surface area contributed by atoms with Crippen LogP contribution in [0.1, 0.15) is 0 Å². The van der Waals surface area contributed by atoms with E-state index >= 15 is 0 Å². The molecule has 3 rings (SSSR count). The zero-order chi connectivity index (χ0) is 21.1. The van der Waals surface area contributed by atoms with Gasteiger partial charge >= 0.3 is 0 Å². The molecule has 152 valence electrons. The van der Waals surface area contributed by atoms with Crippen LogP contribution in [0.2, 0.25) is 0 Å². The number of ether oxygens (including phenoxy) is 1. The summed E-state index contributed by atoms with van der Waals surface area (Å²) in [7, 11) is -5.91. The lowest BCUT2D eigenvalue weighted by Gasteiger charge is -2.17. The molecule has 0 heterocycles. The number of rotatable bonds is 7. The van der Waals surface area contributed by atoms with Gasteiger partial charge in [-0.3, -0.25) is 9.03 Å². The van der Waals surface area contributed by atoms with Crippen LogP contribution in [0, 0.1) is 0 Å². The second-order valence-corrected chi connectivity index (χ2v) is 9.97. The fraction of sp³-hybridized carbons (Fsp3) is 0.100. The topological polar surface area (TPSA) is 92.8 Å². The minimum Gasteiger partial charge on any atom is -0.457 e. The molecular weight excluding hydrogens is 412 g/mol. The van der Waals surface area contributed by atoms with Gasteiger partial charge in [0.2, 0.25) is 10.0 Å². The molecule has 0 bridgehead atoms. The van der Waals surface area contributed by atoms with Crippen molar-refractivity contribution in [1.82, 2.24) is 0 Å². The smallest absolute Gasteiger partial charge is 0.261 e. The molecule has 7 nitrogen and oxygen atoms in total. The summed E-state index contributed by atoms with van der Waals surface area (Å²) < 4.78 is 57.9. The van der Waals surface area contributed by atoms with Gasteiger partial charge in [0.1, 0.15) is 11.5 Å². The van der Waals surface area contributed by atoms with Crippen LogP contribution in [0.15, 0.2) is 83.8 Å². The van der Waals surface area contributed by atoms with Crippen molar-refractivity contribution in [2.24, 2.45) is 0 Å². The van der Waals surface area contributed by atoms with Crippen molar-refractivity contribution >= 4 is 31.4 Å². The lowest BCUT2D eigenvalue weighted by molar-refractivity contribution is 0.482. The summed E-state index contributed by atoms with van der Waals surface area (Å²) in [5, 5.41) is 0. The van der Waals surface area contributed by atoms with Crippen LogP contribution in [0.25, 0.3) is 0 Å². The Morgan fingerprint density at radius 2 is 1.41 bits per heavy atom. The summed E-state index contributed by atoms with van der Waals surface area (Å²) in [6.45, 7) is 0. The van der Waals surface area contributed by atoms with Crippen LogP contribution in [0.5, 0.6) is 11.5 Å². The average molecular weight is 433 g/mol. The Balaban J connectivity index is 1.78. The van der Waals surface area contributed by atoms with Gasteiger partial charge in [-0.1, -0.05) is 24.3 Å². The highest BCUT2D eigenvalue weighted by molar-refractivity contribution is 7.92. The van der Waals surface area contributed by atoms with E-state index in [1.807, 2.05) is 18.2 Å². The van der Waals surface area contributed by atoms with Gasteiger partial charge in [-0.2, -0.15) is 0 Å². The second-order valence-electron chi connectivity index (χ2n) is 6.27. The number of para-hydroxylation sites is 1. The van der Waals surface area contributed by atoms with Crippen molar-refractivity contribution < 1.29 is 21.6 Å². The Labute approximate surface area is 170 Å². The van der Waals surface area contributed by atoms with Gasteiger partial charge in [0, 0.05) is 7.05 Å². The number of sulfonamides is 2. The molecule has 0 amide bonds. The summed E-state index contributed by atoms with van der Waals surface area (Å²) >= 11 is 0. The van der Waals surface area contributed by atoms with Crippen molar-refractivity contribution in [3.63, 3.8) is 0 Å². The molecule has 0 atom stereocenters. The number of benzene rings is 3. The molecule has 0 unspecified atom stereocenters. The highest BCUT2D eigenvalue weighted by Crippen LogP contribution is 2.25. The van der Waals surface area contributed by atoms with Crippen LogP contribution >= 0.6 is 0 Å². The predicted octanol–water partition coefficient (Wildman–Crippen LogP) is 3.68. The SMILES string of the molecule is CN(c1cccc(NS(=O)(=O)c2ccc(Oc3ccccc3)cc2)c1)S(C)(=O)=O. The number of hydrogen-bond donors (Lipinski definition) is 1. The predicted molar refractivity (Wildman–Crippen MR) is 113 cm³/mol. The van der Waals surface area contributed by atoms with E-state index in [-0.39, 0.29) is 10.6 Å². The molecule has 3 aromatic carbocycles. The van der Waals surface area contributed by atoms with Gasteiger partial charge < -0.3 is 4.74 Å². The van der Waals surface area contributed by atoms with Crippen LogP contribution < -0.4 is 13.8 Å². The van der Waals surface area contributed by atoms with E-state index in [9.17, 15) is 16.8 Å². The molecule has 0 aromatic heterocycles. The molecule has 0 saturated heterocycles. The van der Waals surface area contributed by atoms with Gasteiger partial charge in [-0.15, -0.1) is 0 Å². The van der Waals surface area contributed by atoms with Crippen LogP contribution in [-0.2, 0) is 20.0 Å². The molecule has 0 radical (unpaired) electrons. The quantitative estimate of drug-likeness (QED) is 0.615. The Morgan fingerprint density at radius 1 is 0.793 bits per heavy atom. The van der Waals surface area contributed by atoms with Crippen LogP contribution in [-0.4, -0.2) is 30.1 Å². The maximum Gasteiger partial charge on any atom is 0.261 e. The Kier molecular flexibility index (Phi) is 5.81. The van der Waals surface area contributed by atoms with Gasteiger partial charge in [0.05, 0.1) is 22.5 Å². The van der Waals surface area contributed by atoms with Gasteiger partial charge in [-0.25, -0.2) is 16.8 Å². The summed E-state index contributed by atoms with van der Waals surface area (Å²) in [4.78, 5) is 0.0554. The fourth-order valence-corrected chi connectivity index (χ4v) is 4.03. The van der Waals surface area contributed by atoms with Gasteiger partial charge in [0.25, 0.3) is 10.0 Å². The van der Waals surface area contributed by atoms with Crippen LogP contribution in [0.4, 0.5) is 11.4 Å². The number of hydrogen-bond acceptors (Lipinski definition) is 5. The first kappa shape index (κ1) is 20.7. The van der Waals surface area contributed by atoms with Crippen molar-refractivity contribution in [2.45, 2.75) is 4.90 Å². The van der Waals surface area contributed by atoms with Crippen molar-refractivity contribution in [2.75, 3.05) is 22.3 Å². The normalized spacial score (nSPS) is 11.7. The molecule has 29 heavy (non-hydrogen) atoms. The Hall–Kier alpha value is -3.04. The molecule has 9 heteroatoms. The van der Waals surface area contributed by atoms with Crippen molar-refractivity contribution in [1.29, 1.82) is 0 Å². The molecule has 0 saturated carbocycles. The standard InChI is InChI=1S/C20H20N2O5S2/c1-22(28(2,23)24)17-8-6-7-16(15-17)21-29(25,26)20-13-11-19(12-14-20)27-18-9-4-3-5-10-18/h3-15,21H,1-2H3. The van der Waals surface area contributed by atoms with E-state index in [0.29, 0.717) is 17.2 Å². The number of nitrogens with one attached hydrogen (secondary N) is 1. The lowest BCUT2D eigenvalue weighted by Crippen LogP contribution is -2.24. The molecule has 0 fully saturated rings. The van der Waals surface area contributed by atoms with Crippen molar-refractivity contribution in [3.8, 4) is 11.5 Å². The minimum absolute atomic E-state index is 0.0554.